The Hall–Kier alpha value is -2.46. The van der Waals surface area contributed by atoms with Gasteiger partial charge in [0.05, 0.1) is 11.2 Å². The summed E-state index contributed by atoms with van der Waals surface area (Å²) in [6.07, 6.45) is 1.60. The van der Waals surface area contributed by atoms with E-state index in [0.29, 0.717) is 21.8 Å². The van der Waals surface area contributed by atoms with Crippen LogP contribution in [-0.2, 0) is 0 Å². The first-order valence-electron chi connectivity index (χ1n) is 6.25. The summed E-state index contributed by atoms with van der Waals surface area (Å²) < 4.78 is 12.9. The van der Waals surface area contributed by atoms with Gasteiger partial charge in [0.25, 0.3) is 5.91 Å². The summed E-state index contributed by atoms with van der Waals surface area (Å²) in [5.74, 6) is -0.687. The molecule has 0 aliphatic heterocycles. The quantitative estimate of drug-likeness (QED) is 0.767. The van der Waals surface area contributed by atoms with E-state index in [-0.39, 0.29) is 11.7 Å². The van der Waals surface area contributed by atoms with E-state index in [4.69, 9.17) is 11.6 Å². The van der Waals surface area contributed by atoms with Crippen molar-refractivity contribution in [3.8, 4) is 0 Å². The van der Waals surface area contributed by atoms with E-state index < -0.39 is 0 Å². The van der Waals surface area contributed by atoms with Crippen LogP contribution in [0.5, 0.6) is 0 Å². The fraction of sp³-hybridized carbons (Fsp3) is 0. The monoisotopic (exact) mass is 300 g/mol. The predicted molar refractivity (Wildman–Crippen MR) is 81.1 cm³/mol. The highest BCUT2D eigenvalue weighted by molar-refractivity contribution is 6.31. The lowest BCUT2D eigenvalue weighted by molar-refractivity contribution is 0.102. The molecule has 1 heterocycles. The number of halogens is 2. The van der Waals surface area contributed by atoms with Gasteiger partial charge < -0.3 is 5.32 Å². The number of nitrogens with zero attached hydrogens (tertiary/aromatic N) is 1. The summed E-state index contributed by atoms with van der Waals surface area (Å²) in [5, 5.41) is 4.17. The number of amides is 1. The minimum atomic E-state index is -0.379. The zero-order valence-electron chi connectivity index (χ0n) is 10.8. The maximum atomic E-state index is 12.9. The zero-order chi connectivity index (χ0) is 14.8. The molecule has 3 aromatic rings. The number of carbonyl (C=O) groups excluding carboxylic acids is 1. The highest BCUT2D eigenvalue weighted by atomic mass is 35.5. The van der Waals surface area contributed by atoms with Crippen molar-refractivity contribution in [1.82, 2.24) is 4.98 Å². The summed E-state index contributed by atoms with van der Waals surface area (Å²) in [7, 11) is 0. The van der Waals surface area contributed by atoms with Gasteiger partial charge in [0.15, 0.2) is 0 Å². The number of anilines is 1. The van der Waals surface area contributed by atoms with Crippen LogP contribution in [0.25, 0.3) is 10.9 Å². The van der Waals surface area contributed by atoms with Gasteiger partial charge in [0.1, 0.15) is 5.82 Å². The van der Waals surface area contributed by atoms with Crippen molar-refractivity contribution in [3.05, 3.63) is 71.1 Å². The molecule has 0 aliphatic rings. The molecule has 1 aromatic heterocycles. The van der Waals surface area contributed by atoms with Gasteiger partial charge >= 0.3 is 0 Å². The summed E-state index contributed by atoms with van der Waals surface area (Å²) >= 11 is 5.92. The minimum Gasteiger partial charge on any atom is -0.321 e. The second-order valence-electron chi connectivity index (χ2n) is 4.48. The number of nitrogens with one attached hydrogen (secondary N) is 1. The third-order valence-corrected chi connectivity index (χ3v) is 3.29. The number of fused-ring (bicyclic) bond motifs is 1. The molecule has 104 valence electrons. The molecule has 0 radical (unpaired) electrons. The highest BCUT2D eigenvalue weighted by Crippen LogP contribution is 2.24. The number of rotatable bonds is 2. The first-order valence-corrected chi connectivity index (χ1v) is 6.62. The van der Waals surface area contributed by atoms with Crippen molar-refractivity contribution >= 4 is 34.1 Å². The van der Waals surface area contributed by atoms with Crippen molar-refractivity contribution in [2.75, 3.05) is 5.32 Å². The average Bonchev–Trinajstić information content (AvgIpc) is 2.47. The Morgan fingerprint density at radius 3 is 2.62 bits per heavy atom. The Balaban J connectivity index is 1.94. The molecule has 1 N–H and O–H groups in total. The van der Waals surface area contributed by atoms with E-state index in [1.54, 1.807) is 30.5 Å². The molecule has 0 fully saturated rings. The zero-order valence-corrected chi connectivity index (χ0v) is 11.6. The summed E-state index contributed by atoms with van der Waals surface area (Å²) in [5.41, 5.74) is 1.71. The van der Waals surface area contributed by atoms with Crippen molar-refractivity contribution in [3.63, 3.8) is 0 Å². The van der Waals surface area contributed by atoms with Crippen LogP contribution in [0.15, 0.2) is 54.7 Å². The Morgan fingerprint density at radius 1 is 1.10 bits per heavy atom. The van der Waals surface area contributed by atoms with Crippen LogP contribution in [0.3, 0.4) is 0 Å². The third-order valence-electron chi connectivity index (χ3n) is 3.06. The molecule has 21 heavy (non-hydrogen) atoms. The van der Waals surface area contributed by atoms with Gasteiger partial charge in [-0.1, -0.05) is 11.6 Å². The lowest BCUT2D eigenvalue weighted by atomic mass is 10.1. The number of aromatic nitrogens is 1. The molecule has 0 unspecified atom stereocenters. The van der Waals surface area contributed by atoms with Crippen LogP contribution in [0.1, 0.15) is 10.4 Å². The number of carbonyl (C=O) groups is 1. The van der Waals surface area contributed by atoms with Crippen LogP contribution >= 0.6 is 11.6 Å². The molecular weight excluding hydrogens is 291 g/mol. The standard InChI is InChI=1S/C16H10ClFN2O/c17-11-3-6-13-14(7-8-19-15(13)9-11)20-16(21)10-1-4-12(18)5-2-10/h1-9H,(H,19,20,21). The van der Waals surface area contributed by atoms with Gasteiger partial charge in [0.2, 0.25) is 0 Å². The molecule has 0 bridgehead atoms. The molecule has 0 spiro atoms. The van der Waals surface area contributed by atoms with Gasteiger partial charge in [-0.25, -0.2) is 4.39 Å². The normalized spacial score (nSPS) is 10.6. The maximum absolute atomic E-state index is 12.9. The van der Waals surface area contributed by atoms with Crippen LogP contribution in [-0.4, -0.2) is 10.9 Å². The number of benzene rings is 2. The van der Waals surface area contributed by atoms with Gasteiger partial charge in [0, 0.05) is 22.2 Å². The lowest BCUT2D eigenvalue weighted by Crippen LogP contribution is -2.12. The molecule has 0 saturated heterocycles. The Kier molecular flexibility index (Phi) is 3.54. The molecular formula is C16H10ClFN2O. The van der Waals surface area contributed by atoms with Crippen molar-refractivity contribution in [2.45, 2.75) is 0 Å². The van der Waals surface area contributed by atoms with Crippen LogP contribution in [0, 0.1) is 5.82 Å². The van der Waals surface area contributed by atoms with Crippen molar-refractivity contribution in [2.24, 2.45) is 0 Å². The second kappa shape index (κ2) is 5.50. The Labute approximate surface area is 125 Å². The molecule has 5 heteroatoms. The molecule has 0 atom stereocenters. The Morgan fingerprint density at radius 2 is 1.86 bits per heavy atom. The fourth-order valence-corrected chi connectivity index (χ4v) is 2.19. The highest BCUT2D eigenvalue weighted by Gasteiger charge is 2.09. The first-order chi connectivity index (χ1) is 10.1. The van der Waals surface area contributed by atoms with E-state index in [1.165, 1.54) is 24.3 Å². The summed E-state index contributed by atoms with van der Waals surface area (Å²) in [6.45, 7) is 0. The summed E-state index contributed by atoms with van der Waals surface area (Å²) in [4.78, 5) is 16.4. The number of hydrogen-bond acceptors (Lipinski definition) is 2. The predicted octanol–water partition coefficient (Wildman–Crippen LogP) is 4.28. The smallest absolute Gasteiger partial charge is 0.255 e. The van der Waals surface area contributed by atoms with E-state index >= 15 is 0 Å². The molecule has 1 amide bonds. The Bertz CT molecular complexity index is 818. The molecule has 2 aromatic carbocycles. The third kappa shape index (κ3) is 2.85. The largest absolute Gasteiger partial charge is 0.321 e. The van der Waals surface area contributed by atoms with Crippen LogP contribution < -0.4 is 5.32 Å². The average molecular weight is 301 g/mol. The second-order valence-corrected chi connectivity index (χ2v) is 4.92. The first kappa shape index (κ1) is 13.5. The topological polar surface area (TPSA) is 42.0 Å². The van der Waals surface area contributed by atoms with Gasteiger partial charge in [-0.05, 0) is 48.5 Å². The van der Waals surface area contributed by atoms with Crippen molar-refractivity contribution in [1.29, 1.82) is 0 Å². The van der Waals surface area contributed by atoms with E-state index in [0.717, 1.165) is 5.39 Å². The lowest BCUT2D eigenvalue weighted by Gasteiger charge is -2.08. The SMILES string of the molecule is O=C(Nc1ccnc2cc(Cl)ccc12)c1ccc(F)cc1. The minimum absolute atomic E-state index is 0.308. The molecule has 3 nitrogen and oxygen atoms in total. The van der Waals surface area contributed by atoms with Gasteiger partial charge in [-0.2, -0.15) is 0 Å². The van der Waals surface area contributed by atoms with Gasteiger partial charge in [-0.15, -0.1) is 0 Å². The van der Waals surface area contributed by atoms with Gasteiger partial charge in [-0.3, -0.25) is 9.78 Å². The fourth-order valence-electron chi connectivity index (χ4n) is 2.03. The van der Waals surface area contributed by atoms with Crippen LogP contribution in [0.4, 0.5) is 10.1 Å². The number of pyridine rings is 1. The number of hydrogen-bond donors (Lipinski definition) is 1. The summed E-state index contributed by atoms with van der Waals surface area (Å²) in [6, 6.07) is 12.3. The molecule has 3 rings (SSSR count). The molecule has 0 aliphatic carbocycles. The van der Waals surface area contributed by atoms with Crippen LogP contribution in [0.2, 0.25) is 5.02 Å². The van der Waals surface area contributed by atoms with E-state index in [2.05, 4.69) is 10.3 Å². The van der Waals surface area contributed by atoms with E-state index in [9.17, 15) is 9.18 Å². The van der Waals surface area contributed by atoms with Crippen molar-refractivity contribution < 1.29 is 9.18 Å². The molecule has 0 saturated carbocycles. The van der Waals surface area contributed by atoms with E-state index in [1.807, 2.05) is 0 Å². The maximum Gasteiger partial charge on any atom is 0.255 e.